The number of ether oxygens (including phenoxy) is 1. The molecule has 0 radical (unpaired) electrons. The van der Waals surface area contributed by atoms with Gasteiger partial charge in [0.2, 0.25) is 0 Å². The Balaban J connectivity index is 2.51. The summed E-state index contributed by atoms with van der Waals surface area (Å²) >= 11 is 3.35. The summed E-state index contributed by atoms with van der Waals surface area (Å²) in [5.41, 5.74) is 1.07. The lowest BCUT2D eigenvalue weighted by atomic mass is 10.3. The largest absolute Gasteiger partial charge is 0.465 e. The van der Waals surface area contributed by atoms with Crippen LogP contribution in [-0.4, -0.2) is 24.1 Å². The molecule has 0 fully saturated rings. The second-order valence-corrected chi connectivity index (χ2v) is 3.83. The molecule has 1 aromatic rings. The summed E-state index contributed by atoms with van der Waals surface area (Å²) < 4.78 is 5.73. The molecule has 0 aliphatic carbocycles. The van der Waals surface area contributed by atoms with Crippen LogP contribution in [0.25, 0.3) is 0 Å². The van der Waals surface area contributed by atoms with E-state index in [0.717, 1.165) is 10.0 Å². The van der Waals surface area contributed by atoms with Crippen LogP contribution in [0.5, 0.6) is 0 Å². The van der Waals surface area contributed by atoms with E-state index in [0.29, 0.717) is 12.4 Å². The smallest absolute Gasteiger partial charge is 0.325 e. The van der Waals surface area contributed by atoms with Crippen LogP contribution in [0.2, 0.25) is 0 Å². The van der Waals surface area contributed by atoms with Crippen LogP contribution in [0.4, 0.5) is 5.82 Å². The lowest BCUT2D eigenvalue weighted by Crippen LogP contribution is -2.17. The number of aryl methyl sites for hydroxylation is 1. The molecule has 4 nitrogen and oxygen atoms in total. The van der Waals surface area contributed by atoms with Crippen LogP contribution >= 0.6 is 15.9 Å². The van der Waals surface area contributed by atoms with Gasteiger partial charge in [0.1, 0.15) is 12.4 Å². The average molecular weight is 273 g/mol. The third kappa shape index (κ3) is 3.87. The molecule has 15 heavy (non-hydrogen) atoms. The Labute approximate surface area is 97.2 Å². The molecule has 0 spiro atoms. The summed E-state index contributed by atoms with van der Waals surface area (Å²) in [5.74, 6) is 0.392. The molecule has 1 rings (SSSR count). The molecule has 0 saturated heterocycles. The number of carbonyl (C=O) groups is 1. The zero-order valence-electron chi connectivity index (χ0n) is 8.71. The SMILES string of the molecule is CCOC(=O)CNc1cc(C)c(Br)cn1. The van der Waals surface area contributed by atoms with Gasteiger partial charge in [0, 0.05) is 10.7 Å². The summed E-state index contributed by atoms with van der Waals surface area (Å²) in [6.07, 6.45) is 1.70. The molecular formula is C10H13BrN2O2. The fraction of sp³-hybridized carbons (Fsp3) is 0.400. The summed E-state index contributed by atoms with van der Waals surface area (Å²) in [6.45, 7) is 4.27. The highest BCUT2D eigenvalue weighted by molar-refractivity contribution is 9.10. The quantitative estimate of drug-likeness (QED) is 0.854. The normalized spacial score (nSPS) is 9.80. The van der Waals surface area contributed by atoms with Gasteiger partial charge in [-0.3, -0.25) is 4.79 Å². The van der Waals surface area contributed by atoms with Crippen molar-refractivity contribution < 1.29 is 9.53 Å². The van der Waals surface area contributed by atoms with Crippen molar-refractivity contribution in [2.24, 2.45) is 0 Å². The van der Waals surface area contributed by atoms with Gasteiger partial charge in [0.15, 0.2) is 0 Å². The second-order valence-electron chi connectivity index (χ2n) is 2.98. The van der Waals surface area contributed by atoms with Crippen LogP contribution in [0.15, 0.2) is 16.7 Å². The molecule has 0 bridgehead atoms. The Kier molecular flexibility index (Phi) is 4.55. The van der Waals surface area contributed by atoms with Gasteiger partial charge in [-0.2, -0.15) is 0 Å². The summed E-state index contributed by atoms with van der Waals surface area (Å²) in [6, 6.07) is 1.86. The lowest BCUT2D eigenvalue weighted by Gasteiger charge is -2.06. The molecule has 1 heterocycles. The Hall–Kier alpha value is -1.10. The summed E-state index contributed by atoms with van der Waals surface area (Å²) in [4.78, 5) is 15.2. The van der Waals surface area contributed by atoms with Crippen molar-refractivity contribution in [2.45, 2.75) is 13.8 Å². The standard InChI is InChI=1S/C10H13BrN2O2/c1-3-15-10(14)6-13-9-4-7(2)8(11)5-12-9/h4-5H,3,6H2,1-2H3,(H,12,13). The second kappa shape index (κ2) is 5.70. The maximum atomic E-state index is 11.0. The number of hydrogen-bond acceptors (Lipinski definition) is 4. The molecule has 5 heteroatoms. The third-order valence-corrected chi connectivity index (χ3v) is 2.60. The van der Waals surface area contributed by atoms with E-state index in [2.05, 4.69) is 26.2 Å². The van der Waals surface area contributed by atoms with Crippen molar-refractivity contribution in [1.82, 2.24) is 4.98 Å². The van der Waals surface area contributed by atoms with Crippen molar-refractivity contribution >= 4 is 27.7 Å². The number of pyridine rings is 1. The Morgan fingerprint density at radius 2 is 2.40 bits per heavy atom. The highest BCUT2D eigenvalue weighted by atomic mass is 79.9. The van der Waals surface area contributed by atoms with Crippen molar-refractivity contribution in [1.29, 1.82) is 0 Å². The fourth-order valence-electron chi connectivity index (χ4n) is 1.01. The van der Waals surface area contributed by atoms with Gasteiger partial charge < -0.3 is 10.1 Å². The van der Waals surface area contributed by atoms with Crippen LogP contribution in [0, 0.1) is 6.92 Å². The highest BCUT2D eigenvalue weighted by Gasteiger charge is 2.02. The molecule has 0 atom stereocenters. The van der Waals surface area contributed by atoms with Gasteiger partial charge >= 0.3 is 5.97 Å². The van der Waals surface area contributed by atoms with E-state index in [1.807, 2.05) is 13.0 Å². The Morgan fingerprint density at radius 1 is 1.67 bits per heavy atom. The fourth-order valence-corrected chi connectivity index (χ4v) is 1.23. The summed E-state index contributed by atoms with van der Waals surface area (Å²) in [5, 5.41) is 2.89. The van der Waals surface area contributed by atoms with Crippen LogP contribution < -0.4 is 5.32 Å². The first kappa shape index (κ1) is 12.0. The van der Waals surface area contributed by atoms with E-state index in [4.69, 9.17) is 4.74 Å². The predicted octanol–water partition coefficient (Wildman–Crippen LogP) is 2.13. The van der Waals surface area contributed by atoms with Crippen molar-refractivity contribution in [2.75, 3.05) is 18.5 Å². The minimum absolute atomic E-state index is 0.141. The molecule has 0 saturated carbocycles. The first-order valence-electron chi connectivity index (χ1n) is 4.65. The minimum atomic E-state index is -0.278. The van der Waals surface area contributed by atoms with Crippen LogP contribution in [0.1, 0.15) is 12.5 Å². The van der Waals surface area contributed by atoms with Crippen LogP contribution in [0.3, 0.4) is 0 Å². The van der Waals surface area contributed by atoms with Gasteiger partial charge in [0.25, 0.3) is 0 Å². The number of nitrogens with zero attached hydrogens (tertiary/aromatic N) is 1. The predicted molar refractivity (Wildman–Crippen MR) is 61.8 cm³/mol. The zero-order valence-corrected chi connectivity index (χ0v) is 10.3. The van der Waals surface area contributed by atoms with E-state index in [9.17, 15) is 4.79 Å². The number of anilines is 1. The monoisotopic (exact) mass is 272 g/mol. The number of aromatic nitrogens is 1. The minimum Gasteiger partial charge on any atom is -0.465 e. The first-order chi connectivity index (χ1) is 7.13. The molecule has 1 aromatic heterocycles. The van der Waals surface area contributed by atoms with E-state index in [1.54, 1.807) is 13.1 Å². The molecule has 0 unspecified atom stereocenters. The third-order valence-electron chi connectivity index (χ3n) is 1.77. The maximum absolute atomic E-state index is 11.0. The average Bonchev–Trinajstić information content (AvgIpc) is 2.20. The topological polar surface area (TPSA) is 51.2 Å². The number of carbonyl (C=O) groups excluding carboxylic acids is 1. The number of hydrogen-bond donors (Lipinski definition) is 1. The number of rotatable bonds is 4. The Morgan fingerprint density at radius 3 is 3.00 bits per heavy atom. The molecule has 0 aliphatic rings. The van der Waals surface area contributed by atoms with Crippen molar-refractivity contribution in [3.05, 3.63) is 22.3 Å². The molecule has 82 valence electrons. The molecule has 0 aliphatic heterocycles. The van der Waals surface area contributed by atoms with Crippen molar-refractivity contribution in [3.8, 4) is 0 Å². The summed E-state index contributed by atoms with van der Waals surface area (Å²) in [7, 11) is 0. The van der Waals surface area contributed by atoms with Gasteiger partial charge in [-0.1, -0.05) is 0 Å². The van der Waals surface area contributed by atoms with E-state index in [-0.39, 0.29) is 12.5 Å². The van der Waals surface area contributed by atoms with E-state index in [1.165, 1.54) is 0 Å². The molecule has 0 amide bonds. The van der Waals surface area contributed by atoms with E-state index < -0.39 is 0 Å². The molecule has 1 N–H and O–H groups in total. The Bertz CT molecular complexity index is 355. The van der Waals surface area contributed by atoms with E-state index >= 15 is 0 Å². The molecule has 0 aromatic carbocycles. The van der Waals surface area contributed by atoms with Crippen molar-refractivity contribution in [3.63, 3.8) is 0 Å². The lowest BCUT2D eigenvalue weighted by molar-refractivity contribution is -0.140. The molecular weight excluding hydrogens is 260 g/mol. The van der Waals surface area contributed by atoms with Gasteiger partial charge in [0.05, 0.1) is 6.61 Å². The number of nitrogens with one attached hydrogen (secondary N) is 1. The first-order valence-corrected chi connectivity index (χ1v) is 5.44. The van der Waals surface area contributed by atoms with Gasteiger partial charge in [-0.25, -0.2) is 4.98 Å². The number of halogens is 1. The zero-order chi connectivity index (χ0) is 11.3. The van der Waals surface area contributed by atoms with Gasteiger partial charge in [-0.15, -0.1) is 0 Å². The maximum Gasteiger partial charge on any atom is 0.325 e. The number of esters is 1. The highest BCUT2D eigenvalue weighted by Crippen LogP contribution is 2.16. The van der Waals surface area contributed by atoms with Crippen LogP contribution in [-0.2, 0) is 9.53 Å². The van der Waals surface area contributed by atoms with Gasteiger partial charge in [-0.05, 0) is 41.4 Å².